The molecule has 1 aliphatic heterocycles. The molecule has 8 unspecified atom stereocenters. The van der Waals surface area contributed by atoms with E-state index in [0.29, 0.717) is 103 Å². The highest BCUT2D eigenvalue weighted by Crippen LogP contribution is 2.54. The van der Waals surface area contributed by atoms with E-state index < -0.39 is 68.5 Å². The summed E-state index contributed by atoms with van der Waals surface area (Å²) in [6.45, 7) is 40.6. The smallest absolute Gasteiger partial charge is 0.454 e. The topological polar surface area (TPSA) is 129 Å². The summed E-state index contributed by atoms with van der Waals surface area (Å²) in [6.07, 6.45) is 10.1. The number of allylic oxidation sites excluding steroid dienone is 4. The standard InChI is InChI=1S/C56H104O14Si8/c1-17-57-75(58-18-2,59-19-3)45-41-71(13)53-37-38-55(50-34-30-29-33-49(50)53)73(15,43-47-77(63-23-7,64-24-8)65-25-9)70-74(16,44-48-78(66-26-10,67-27-11)68-28-12)56-40-39-54(51-35-31-32-36-52(51)56)72(14,69-71)42-46-76(60-20-4,61-21-5)62-22-6/h29-40,53-56H,17-28,41-48H2,1-16H3. The number of hydrogen-bond acceptors (Lipinski definition) is 14. The molecule has 1 heterocycles. The summed E-state index contributed by atoms with van der Waals surface area (Å²) in [5.74, 6) is 0. The second kappa shape index (κ2) is 31.3. The second-order valence-corrected chi connectivity index (χ2v) is 48.9. The minimum absolute atomic E-state index is 0.0136. The van der Waals surface area contributed by atoms with Crippen molar-refractivity contribution < 1.29 is 61.3 Å². The summed E-state index contributed by atoms with van der Waals surface area (Å²) in [6, 6.07) is 24.1. The molecule has 0 spiro atoms. The van der Waals surface area contributed by atoms with Gasteiger partial charge in [-0.3, -0.25) is 0 Å². The van der Waals surface area contributed by atoms with Crippen LogP contribution in [0.5, 0.6) is 0 Å². The zero-order valence-electron chi connectivity index (χ0n) is 51.1. The van der Waals surface area contributed by atoms with Gasteiger partial charge in [-0.1, -0.05) is 72.8 Å². The van der Waals surface area contributed by atoms with Crippen LogP contribution in [0.2, 0.25) is 74.5 Å². The first-order valence-corrected chi connectivity index (χ1v) is 48.5. The third-order valence-corrected chi connectivity index (χ3v) is 49.9. The summed E-state index contributed by atoms with van der Waals surface area (Å²) >= 11 is 0. The van der Waals surface area contributed by atoms with Crippen molar-refractivity contribution in [1.29, 1.82) is 0 Å². The van der Waals surface area contributed by atoms with Gasteiger partial charge in [-0.25, -0.2) is 0 Å². The Kier molecular flexibility index (Phi) is 27.2. The molecule has 2 aromatic carbocycles. The Morgan fingerprint density at radius 2 is 0.449 bits per heavy atom. The monoisotopic (exact) mass is 1220 g/mol. The normalized spacial score (nSPS) is 26.6. The van der Waals surface area contributed by atoms with Crippen molar-refractivity contribution in [1.82, 2.24) is 0 Å². The number of fused-ring (bicyclic) bond motifs is 10. The molecule has 14 nitrogen and oxygen atoms in total. The SMILES string of the molecule is CCO[Si](CC[Si]1(C)O[Si](C)(CC[Si](OCC)(OCC)OCC)C2C=CC(c3ccccc32)[Si](C)(CC[Si](OCC)(OCC)OCC)O[Si](C)(CC[Si](OCC)(OCC)OCC)C2C=CC1c1ccccc12)(OCC)OCC. The van der Waals surface area contributed by atoms with E-state index in [1.165, 1.54) is 22.3 Å². The van der Waals surface area contributed by atoms with Crippen LogP contribution in [0.1, 0.15) is 128 Å². The molecule has 2 aliphatic carbocycles. The molecular weight excluding hydrogens is 1120 g/mol. The Bertz CT molecular complexity index is 1810. The van der Waals surface area contributed by atoms with Gasteiger partial charge in [0.05, 0.1) is 0 Å². The molecule has 4 bridgehead atoms. The van der Waals surface area contributed by atoms with Crippen molar-refractivity contribution in [3.05, 3.63) is 95.1 Å². The van der Waals surface area contributed by atoms with Crippen LogP contribution in [0, 0.1) is 0 Å². The molecule has 0 aromatic heterocycles. The molecule has 444 valence electrons. The van der Waals surface area contributed by atoms with Gasteiger partial charge in [0, 0.05) is 126 Å². The summed E-state index contributed by atoms with van der Waals surface area (Å²) in [5, 5.41) is 0. The van der Waals surface area contributed by atoms with Crippen LogP contribution in [0.4, 0.5) is 0 Å². The first-order chi connectivity index (χ1) is 37.4. The van der Waals surface area contributed by atoms with Crippen molar-refractivity contribution in [3.63, 3.8) is 0 Å². The zero-order chi connectivity index (χ0) is 57.1. The predicted octanol–water partition coefficient (Wildman–Crippen LogP) is 13.6. The lowest BCUT2D eigenvalue weighted by atomic mass is 9.96. The lowest BCUT2D eigenvalue weighted by molar-refractivity contribution is 0.0712. The highest BCUT2D eigenvalue weighted by atomic mass is 28.4. The Morgan fingerprint density at radius 1 is 0.295 bits per heavy atom. The quantitative estimate of drug-likeness (QED) is 0.0474. The van der Waals surface area contributed by atoms with Gasteiger partial charge in [-0.15, -0.1) is 0 Å². The van der Waals surface area contributed by atoms with Gasteiger partial charge < -0.3 is 61.3 Å². The minimum atomic E-state index is -3.15. The molecule has 0 saturated carbocycles. The van der Waals surface area contributed by atoms with Crippen LogP contribution in [-0.4, -0.2) is 148 Å². The summed E-state index contributed by atoms with van der Waals surface area (Å²) < 4.78 is 97.2. The summed E-state index contributed by atoms with van der Waals surface area (Å²) in [4.78, 5) is 0. The first-order valence-electron chi connectivity index (χ1n) is 30.0. The van der Waals surface area contributed by atoms with Gasteiger partial charge in [0.15, 0.2) is 33.3 Å². The van der Waals surface area contributed by atoms with E-state index in [-0.39, 0.29) is 22.2 Å². The molecule has 0 radical (unpaired) electrons. The Morgan fingerprint density at radius 3 is 0.590 bits per heavy atom. The average Bonchev–Trinajstić information content (AvgIpc) is 3.58. The third kappa shape index (κ3) is 16.3. The molecule has 78 heavy (non-hydrogen) atoms. The van der Waals surface area contributed by atoms with Crippen LogP contribution < -0.4 is 0 Å². The van der Waals surface area contributed by atoms with E-state index in [1.807, 2.05) is 83.1 Å². The molecule has 0 saturated heterocycles. The lowest BCUT2D eigenvalue weighted by Crippen LogP contribution is -2.60. The fourth-order valence-corrected chi connectivity index (χ4v) is 52.9. The summed E-state index contributed by atoms with van der Waals surface area (Å²) in [5.41, 5.74) is 5.21. The molecule has 5 rings (SSSR count). The lowest BCUT2D eigenvalue weighted by Gasteiger charge is -2.52. The Labute approximate surface area is 481 Å². The van der Waals surface area contributed by atoms with Crippen molar-refractivity contribution >= 4 is 68.5 Å². The molecule has 0 N–H and O–H groups in total. The largest absolute Gasteiger partial charge is 0.500 e. The molecule has 22 heteroatoms. The maximum Gasteiger partial charge on any atom is 0.500 e. The fourth-order valence-electron chi connectivity index (χ4n) is 12.9. The van der Waals surface area contributed by atoms with Crippen LogP contribution in [0.15, 0.2) is 72.8 Å². The summed E-state index contributed by atoms with van der Waals surface area (Å²) in [7, 11) is -24.7. The van der Waals surface area contributed by atoms with Crippen LogP contribution in [0.3, 0.4) is 0 Å². The van der Waals surface area contributed by atoms with Crippen molar-refractivity contribution in [2.45, 2.75) is 180 Å². The van der Waals surface area contributed by atoms with E-state index in [1.54, 1.807) is 0 Å². The minimum Gasteiger partial charge on any atom is -0.454 e. The number of rotatable bonds is 36. The maximum atomic E-state index is 8.64. The van der Waals surface area contributed by atoms with E-state index >= 15 is 0 Å². The van der Waals surface area contributed by atoms with Gasteiger partial charge in [0.25, 0.3) is 0 Å². The van der Waals surface area contributed by atoms with E-state index in [0.717, 1.165) is 24.2 Å². The van der Waals surface area contributed by atoms with Crippen LogP contribution in [0.25, 0.3) is 0 Å². The van der Waals surface area contributed by atoms with Crippen LogP contribution in [-0.2, 0) is 61.3 Å². The van der Waals surface area contributed by atoms with Crippen molar-refractivity contribution in [2.24, 2.45) is 0 Å². The fraction of sp³-hybridized carbons (Fsp3) is 0.714. The van der Waals surface area contributed by atoms with Gasteiger partial charge in [-0.2, -0.15) is 0 Å². The highest BCUT2D eigenvalue weighted by molar-refractivity contribution is 6.90. The Hall–Kier alpha value is -0.905. The first kappa shape index (κ1) is 67.9. The molecular formula is C56H104O14Si8. The van der Waals surface area contributed by atoms with Gasteiger partial charge in [0.2, 0.25) is 0 Å². The van der Waals surface area contributed by atoms with E-state index in [2.05, 4.69) is 99.0 Å². The van der Waals surface area contributed by atoms with E-state index in [4.69, 9.17) is 61.3 Å². The number of hydrogen-bond donors (Lipinski definition) is 0. The highest BCUT2D eigenvalue weighted by Gasteiger charge is 2.59. The number of benzene rings is 2. The molecule has 0 amide bonds. The van der Waals surface area contributed by atoms with Crippen LogP contribution >= 0.6 is 0 Å². The van der Waals surface area contributed by atoms with Gasteiger partial charge >= 0.3 is 35.2 Å². The van der Waals surface area contributed by atoms with E-state index in [9.17, 15) is 0 Å². The second-order valence-electron chi connectivity index (χ2n) is 21.3. The van der Waals surface area contributed by atoms with Crippen molar-refractivity contribution in [3.8, 4) is 0 Å². The predicted molar refractivity (Wildman–Crippen MR) is 332 cm³/mol. The third-order valence-electron chi connectivity index (χ3n) is 16.0. The molecule has 3 aliphatic rings. The Balaban J connectivity index is 1.90. The van der Waals surface area contributed by atoms with Crippen molar-refractivity contribution in [2.75, 3.05) is 79.3 Å². The average molecular weight is 1230 g/mol. The maximum absolute atomic E-state index is 8.64. The molecule has 0 fully saturated rings. The molecule has 8 atom stereocenters. The molecule has 2 aromatic rings. The van der Waals surface area contributed by atoms with Gasteiger partial charge in [-0.05, 0) is 156 Å². The zero-order valence-corrected chi connectivity index (χ0v) is 59.1. The van der Waals surface area contributed by atoms with Gasteiger partial charge in [0.1, 0.15) is 0 Å².